The second-order valence-electron chi connectivity index (χ2n) is 5.69. The minimum Gasteiger partial charge on any atom is -0.480 e. The Bertz CT molecular complexity index is 354. The van der Waals surface area contributed by atoms with Crippen LogP contribution in [0.25, 0.3) is 0 Å². The molecule has 0 spiro atoms. The molecule has 20 heavy (non-hydrogen) atoms. The number of ether oxygens (including phenoxy) is 1. The number of hydrogen-bond donors (Lipinski definition) is 2. The Morgan fingerprint density at radius 2 is 1.95 bits per heavy atom. The van der Waals surface area contributed by atoms with E-state index in [9.17, 15) is 9.59 Å². The van der Waals surface area contributed by atoms with Crippen molar-refractivity contribution in [3.8, 4) is 0 Å². The lowest BCUT2D eigenvalue weighted by Gasteiger charge is -2.34. The number of hydrogen-bond acceptors (Lipinski definition) is 4. The van der Waals surface area contributed by atoms with Gasteiger partial charge in [0.25, 0.3) is 0 Å². The SMILES string of the molecule is CC(CN1CCOCC1)NC(=O)N(C)C(C)(C)C(=O)O. The molecular formula is C13H25N3O4. The van der Waals surface area contributed by atoms with E-state index in [1.165, 1.54) is 25.8 Å². The lowest BCUT2D eigenvalue weighted by molar-refractivity contribution is -0.146. The van der Waals surface area contributed by atoms with Crippen LogP contribution in [0.2, 0.25) is 0 Å². The Balaban J connectivity index is 2.46. The summed E-state index contributed by atoms with van der Waals surface area (Å²) < 4.78 is 5.27. The summed E-state index contributed by atoms with van der Waals surface area (Å²) in [7, 11) is 1.49. The molecule has 0 aromatic carbocycles. The van der Waals surface area contributed by atoms with Gasteiger partial charge in [-0.1, -0.05) is 0 Å². The normalized spacial score (nSPS) is 18.4. The molecule has 1 atom stereocenters. The van der Waals surface area contributed by atoms with Gasteiger partial charge in [0.2, 0.25) is 0 Å². The summed E-state index contributed by atoms with van der Waals surface area (Å²) in [5.74, 6) is -1.03. The molecule has 2 amide bonds. The van der Waals surface area contributed by atoms with Crippen LogP contribution in [0.3, 0.4) is 0 Å². The quantitative estimate of drug-likeness (QED) is 0.755. The van der Waals surface area contributed by atoms with Crippen molar-refractivity contribution in [1.82, 2.24) is 15.1 Å². The van der Waals surface area contributed by atoms with E-state index in [0.717, 1.165) is 19.6 Å². The van der Waals surface area contributed by atoms with Crippen molar-refractivity contribution >= 4 is 12.0 Å². The second-order valence-corrected chi connectivity index (χ2v) is 5.69. The number of carboxylic acid groups (broad SMARTS) is 1. The predicted octanol–water partition coefficient (Wildman–Crippen LogP) is 0.212. The van der Waals surface area contributed by atoms with Gasteiger partial charge in [0, 0.05) is 32.7 Å². The van der Waals surface area contributed by atoms with Crippen molar-refractivity contribution in [2.75, 3.05) is 39.9 Å². The Labute approximate surface area is 119 Å². The number of amides is 2. The third-order valence-corrected chi connectivity index (χ3v) is 3.67. The van der Waals surface area contributed by atoms with Gasteiger partial charge in [0.1, 0.15) is 5.54 Å². The number of morpholine rings is 1. The zero-order chi connectivity index (χ0) is 15.3. The lowest BCUT2D eigenvalue weighted by atomic mass is 10.0. The van der Waals surface area contributed by atoms with Crippen LogP contribution in [-0.4, -0.2) is 78.4 Å². The third-order valence-electron chi connectivity index (χ3n) is 3.67. The van der Waals surface area contributed by atoms with Crippen LogP contribution in [-0.2, 0) is 9.53 Å². The number of rotatable bonds is 5. The van der Waals surface area contributed by atoms with Crippen LogP contribution in [0, 0.1) is 0 Å². The van der Waals surface area contributed by atoms with Crippen molar-refractivity contribution in [2.24, 2.45) is 0 Å². The molecule has 7 nitrogen and oxygen atoms in total. The molecule has 1 aliphatic rings. The number of nitrogens with one attached hydrogen (secondary N) is 1. The second kappa shape index (κ2) is 6.90. The standard InChI is InChI=1S/C13H25N3O4/c1-10(9-16-5-7-20-8-6-16)14-12(19)15(4)13(2,3)11(17)18/h10H,5-9H2,1-4H3,(H,14,19)(H,17,18). The smallest absolute Gasteiger partial charge is 0.329 e. The fourth-order valence-electron chi connectivity index (χ4n) is 1.92. The fourth-order valence-corrected chi connectivity index (χ4v) is 1.92. The lowest BCUT2D eigenvalue weighted by Crippen LogP contribution is -2.56. The monoisotopic (exact) mass is 287 g/mol. The van der Waals surface area contributed by atoms with Crippen LogP contribution < -0.4 is 5.32 Å². The van der Waals surface area contributed by atoms with Gasteiger partial charge in [0.05, 0.1) is 13.2 Å². The van der Waals surface area contributed by atoms with Crippen molar-refractivity contribution in [3.63, 3.8) is 0 Å². The molecule has 0 aromatic heterocycles. The van der Waals surface area contributed by atoms with E-state index < -0.39 is 11.5 Å². The van der Waals surface area contributed by atoms with Crippen molar-refractivity contribution in [3.05, 3.63) is 0 Å². The van der Waals surface area contributed by atoms with Gasteiger partial charge in [-0.25, -0.2) is 9.59 Å². The minimum atomic E-state index is -1.23. The number of urea groups is 1. The van der Waals surface area contributed by atoms with Gasteiger partial charge in [-0.15, -0.1) is 0 Å². The van der Waals surface area contributed by atoms with Gasteiger partial charge in [-0.3, -0.25) is 4.90 Å². The summed E-state index contributed by atoms with van der Waals surface area (Å²) in [4.78, 5) is 26.6. The summed E-state index contributed by atoms with van der Waals surface area (Å²) in [5.41, 5.74) is -1.23. The van der Waals surface area contributed by atoms with Crippen LogP contribution in [0.1, 0.15) is 20.8 Å². The first-order valence-electron chi connectivity index (χ1n) is 6.83. The fraction of sp³-hybridized carbons (Fsp3) is 0.846. The molecule has 1 fully saturated rings. The Morgan fingerprint density at radius 3 is 2.45 bits per heavy atom. The largest absolute Gasteiger partial charge is 0.480 e. The van der Waals surface area contributed by atoms with Crippen molar-refractivity contribution in [1.29, 1.82) is 0 Å². The average Bonchev–Trinajstić information content (AvgIpc) is 2.38. The van der Waals surface area contributed by atoms with Crippen LogP contribution in [0.15, 0.2) is 0 Å². The van der Waals surface area contributed by atoms with E-state index in [-0.39, 0.29) is 12.1 Å². The molecule has 0 saturated carbocycles. The molecule has 2 N–H and O–H groups in total. The summed E-state index contributed by atoms with van der Waals surface area (Å²) in [5, 5.41) is 11.9. The Morgan fingerprint density at radius 1 is 1.40 bits per heavy atom. The average molecular weight is 287 g/mol. The van der Waals surface area contributed by atoms with Gasteiger partial charge in [-0.05, 0) is 20.8 Å². The molecule has 0 aliphatic carbocycles. The van der Waals surface area contributed by atoms with E-state index in [2.05, 4.69) is 10.2 Å². The number of likely N-dealkylation sites (N-methyl/N-ethyl adjacent to an activating group) is 1. The molecule has 0 bridgehead atoms. The van der Waals surface area contributed by atoms with E-state index in [0.29, 0.717) is 13.2 Å². The predicted molar refractivity (Wildman–Crippen MR) is 74.7 cm³/mol. The topological polar surface area (TPSA) is 82.1 Å². The van der Waals surface area contributed by atoms with Crippen LogP contribution in [0.4, 0.5) is 4.79 Å². The summed E-state index contributed by atoms with van der Waals surface area (Å²) in [6.07, 6.45) is 0. The number of aliphatic carboxylic acids is 1. The molecule has 7 heteroatoms. The Kier molecular flexibility index (Phi) is 5.76. The molecule has 0 radical (unpaired) electrons. The molecule has 1 rings (SSSR count). The van der Waals surface area contributed by atoms with Crippen molar-refractivity contribution < 1.29 is 19.4 Å². The molecule has 116 valence electrons. The maximum absolute atomic E-state index is 12.1. The van der Waals surface area contributed by atoms with Crippen LogP contribution >= 0.6 is 0 Å². The first kappa shape index (κ1) is 16.7. The van der Waals surface area contributed by atoms with Gasteiger partial charge >= 0.3 is 12.0 Å². The van der Waals surface area contributed by atoms with Gasteiger partial charge in [0.15, 0.2) is 0 Å². The molecule has 1 aliphatic heterocycles. The first-order chi connectivity index (χ1) is 9.25. The highest BCUT2D eigenvalue weighted by Gasteiger charge is 2.35. The van der Waals surface area contributed by atoms with Gasteiger partial charge in [-0.2, -0.15) is 0 Å². The summed E-state index contributed by atoms with van der Waals surface area (Å²) in [6, 6.07) is -0.425. The maximum atomic E-state index is 12.1. The van der Waals surface area contributed by atoms with Crippen molar-refractivity contribution in [2.45, 2.75) is 32.4 Å². The number of nitrogens with zero attached hydrogens (tertiary/aromatic N) is 2. The van der Waals surface area contributed by atoms with E-state index in [1.54, 1.807) is 0 Å². The molecule has 1 heterocycles. The number of carbonyl (C=O) groups excluding carboxylic acids is 1. The van der Waals surface area contributed by atoms with E-state index in [1.807, 2.05) is 6.92 Å². The molecule has 1 unspecified atom stereocenters. The van der Waals surface area contributed by atoms with Gasteiger partial charge < -0.3 is 20.1 Å². The summed E-state index contributed by atoms with van der Waals surface area (Å²) >= 11 is 0. The summed E-state index contributed by atoms with van der Waals surface area (Å²) in [6.45, 7) is 8.79. The highest BCUT2D eigenvalue weighted by molar-refractivity contribution is 5.85. The zero-order valence-electron chi connectivity index (χ0n) is 12.7. The highest BCUT2D eigenvalue weighted by atomic mass is 16.5. The molecule has 1 saturated heterocycles. The third kappa shape index (κ3) is 4.35. The highest BCUT2D eigenvalue weighted by Crippen LogP contribution is 2.12. The maximum Gasteiger partial charge on any atom is 0.329 e. The molecular weight excluding hydrogens is 262 g/mol. The minimum absolute atomic E-state index is 0.0485. The van der Waals surface area contributed by atoms with E-state index >= 15 is 0 Å². The Hall–Kier alpha value is -1.34. The number of carboxylic acids is 1. The van der Waals surface area contributed by atoms with E-state index in [4.69, 9.17) is 9.84 Å². The zero-order valence-corrected chi connectivity index (χ0v) is 12.7. The number of carbonyl (C=O) groups is 2. The molecule has 0 aromatic rings. The first-order valence-corrected chi connectivity index (χ1v) is 6.83. The van der Waals surface area contributed by atoms with Crippen LogP contribution in [0.5, 0.6) is 0 Å².